The van der Waals surface area contributed by atoms with Crippen LogP contribution in [0.1, 0.15) is 44.2 Å². The number of hydrogen-bond acceptors (Lipinski definition) is 4. The Bertz CT molecular complexity index is 1320. The molecule has 0 fully saturated rings. The van der Waals surface area contributed by atoms with Crippen LogP contribution in [0.5, 0.6) is 0 Å². The third-order valence-corrected chi connectivity index (χ3v) is 8.14. The standard InChI is InChI=1S/C31H34BrF3N4/c1-4-17-37(18-16-22-10-6-5-7-11-22)20-28-29(31(33,34)35)36-30-38(26-12-8-9-13-27(26)39(28)30)25-15-14-23(21(2)3)19-24(25)32/h5-15,19,21,28-29H,4,16-18,20H2,1-3H3. The Hall–Kier alpha value is -2.84. The summed E-state index contributed by atoms with van der Waals surface area (Å²) in [5.41, 5.74) is 4.72. The molecule has 0 aliphatic carbocycles. The number of guanidine groups is 1. The zero-order valence-corrected chi connectivity index (χ0v) is 24.1. The van der Waals surface area contributed by atoms with Gasteiger partial charge in [-0.05, 0) is 76.6 Å². The lowest BCUT2D eigenvalue weighted by Gasteiger charge is -2.33. The number of halogens is 4. The Balaban J connectivity index is 1.51. The quantitative estimate of drug-likeness (QED) is 0.248. The molecule has 2 atom stereocenters. The number of fused-ring (bicyclic) bond motifs is 3. The molecule has 0 aromatic heterocycles. The minimum atomic E-state index is -4.46. The van der Waals surface area contributed by atoms with Crippen molar-refractivity contribution >= 4 is 39.0 Å². The summed E-state index contributed by atoms with van der Waals surface area (Å²) in [4.78, 5) is 10.3. The predicted molar refractivity (Wildman–Crippen MR) is 157 cm³/mol. The van der Waals surface area contributed by atoms with Crippen LogP contribution < -0.4 is 9.80 Å². The molecule has 0 saturated heterocycles. The molecule has 0 bridgehead atoms. The minimum Gasteiger partial charge on any atom is -0.303 e. The van der Waals surface area contributed by atoms with Crippen LogP contribution in [0.4, 0.5) is 30.2 Å². The summed E-state index contributed by atoms with van der Waals surface area (Å²) in [7, 11) is 0. The highest BCUT2D eigenvalue weighted by Crippen LogP contribution is 2.49. The van der Waals surface area contributed by atoms with Crippen molar-refractivity contribution in [2.24, 2.45) is 4.99 Å². The topological polar surface area (TPSA) is 22.1 Å². The van der Waals surface area contributed by atoms with Gasteiger partial charge in [0.05, 0.1) is 23.1 Å². The van der Waals surface area contributed by atoms with Gasteiger partial charge in [0.25, 0.3) is 0 Å². The normalized spacial score (nSPS) is 18.6. The molecule has 0 N–H and O–H groups in total. The second-order valence-electron chi connectivity index (χ2n) is 10.6. The largest absolute Gasteiger partial charge is 0.412 e. The van der Waals surface area contributed by atoms with Gasteiger partial charge in [-0.1, -0.05) is 69.3 Å². The molecular formula is C31H34BrF3N4. The van der Waals surface area contributed by atoms with Crippen LogP contribution in [0.2, 0.25) is 0 Å². The van der Waals surface area contributed by atoms with Crippen molar-refractivity contribution in [2.45, 2.75) is 57.8 Å². The minimum absolute atomic E-state index is 0.271. The third kappa shape index (κ3) is 5.59. The second-order valence-corrected chi connectivity index (χ2v) is 11.4. The van der Waals surface area contributed by atoms with E-state index in [4.69, 9.17) is 0 Å². The number of benzene rings is 3. The molecule has 3 aromatic rings. The Morgan fingerprint density at radius 3 is 2.26 bits per heavy atom. The molecule has 2 unspecified atom stereocenters. The number of anilines is 3. The Morgan fingerprint density at radius 2 is 1.62 bits per heavy atom. The molecule has 0 spiro atoms. The highest BCUT2D eigenvalue weighted by Gasteiger charge is 2.56. The average molecular weight is 600 g/mol. The van der Waals surface area contributed by atoms with Crippen LogP contribution in [-0.2, 0) is 6.42 Å². The Morgan fingerprint density at radius 1 is 0.923 bits per heavy atom. The zero-order chi connectivity index (χ0) is 27.7. The van der Waals surface area contributed by atoms with E-state index < -0.39 is 18.3 Å². The van der Waals surface area contributed by atoms with E-state index in [1.807, 2.05) is 70.5 Å². The molecule has 3 aromatic carbocycles. The highest BCUT2D eigenvalue weighted by molar-refractivity contribution is 9.10. The van der Waals surface area contributed by atoms with E-state index in [-0.39, 0.29) is 6.54 Å². The maximum absolute atomic E-state index is 14.6. The van der Waals surface area contributed by atoms with E-state index in [2.05, 4.69) is 58.7 Å². The molecule has 2 aliphatic heterocycles. The number of alkyl halides is 3. The first-order chi connectivity index (χ1) is 18.7. The third-order valence-electron chi connectivity index (χ3n) is 7.51. The van der Waals surface area contributed by atoms with Gasteiger partial charge in [-0.3, -0.25) is 4.90 Å². The van der Waals surface area contributed by atoms with E-state index in [9.17, 15) is 13.2 Å². The summed E-state index contributed by atoms with van der Waals surface area (Å²) in [5.74, 6) is 0.669. The molecule has 2 heterocycles. The van der Waals surface area contributed by atoms with Gasteiger partial charge < -0.3 is 9.80 Å². The summed E-state index contributed by atoms with van der Waals surface area (Å²) in [5, 5.41) is 0. The van der Waals surface area contributed by atoms with Gasteiger partial charge in [-0.15, -0.1) is 0 Å². The van der Waals surface area contributed by atoms with Gasteiger partial charge in [-0.2, -0.15) is 13.2 Å². The van der Waals surface area contributed by atoms with E-state index >= 15 is 0 Å². The lowest BCUT2D eigenvalue weighted by molar-refractivity contribution is -0.150. The lowest BCUT2D eigenvalue weighted by atomic mass is 10.0. The van der Waals surface area contributed by atoms with Crippen LogP contribution in [0.3, 0.4) is 0 Å². The summed E-state index contributed by atoms with van der Waals surface area (Å²) in [6.45, 7) is 7.99. The molecule has 4 nitrogen and oxygen atoms in total. The van der Waals surface area contributed by atoms with Crippen molar-refractivity contribution in [3.05, 3.63) is 88.4 Å². The fraction of sp³-hybridized carbons (Fsp3) is 0.387. The molecule has 0 saturated carbocycles. The molecule has 0 amide bonds. The number of nitrogens with zero attached hydrogens (tertiary/aromatic N) is 4. The van der Waals surface area contributed by atoms with E-state index in [0.717, 1.165) is 46.5 Å². The maximum atomic E-state index is 14.6. The molecule has 8 heteroatoms. The van der Waals surface area contributed by atoms with Gasteiger partial charge in [0.15, 0.2) is 6.04 Å². The number of aliphatic imine (C=N–C) groups is 1. The van der Waals surface area contributed by atoms with E-state index in [1.165, 1.54) is 5.56 Å². The fourth-order valence-corrected chi connectivity index (χ4v) is 6.13. The monoisotopic (exact) mass is 598 g/mol. The van der Waals surface area contributed by atoms with Gasteiger partial charge in [0.2, 0.25) is 5.96 Å². The van der Waals surface area contributed by atoms with Crippen LogP contribution in [0.25, 0.3) is 0 Å². The molecule has 39 heavy (non-hydrogen) atoms. The van der Waals surface area contributed by atoms with E-state index in [0.29, 0.717) is 18.4 Å². The summed E-state index contributed by atoms with van der Waals surface area (Å²) in [6, 6.07) is 21.2. The van der Waals surface area contributed by atoms with Crippen molar-refractivity contribution < 1.29 is 13.2 Å². The van der Waals surface area contributed by atoms with Gasteiger partial charge in [-0.25, -0.2) is 4.99 Å². The first kappa shape index (κ1) is 27.7. The average Bonchev–Trinajstić information content (AvgIpc) is 3.43. The zero-order valence-electron chi connectivity index (χ0n) is 22.5. The summed E-state index contributed by atoms with van der Waals surface area (Å²) >= 11 is 3.70. The molecule has 206 valence electrons. The van der Waals surface area contributed by atoms with Gasteiger partial charge >= 0.3 is 6.18 Å². The van der Waals surface area contributed by atoms with Crippen molar-refractivity contribution in [3.63, 3.8) is 0 Å². The van der Waals surface area contributed by atoms with Crippen LogP contribution in [0, 0.1) is 0 Å². The lowest BCUT2D eigenvalue weighted by Crippen LogP contribution is -2.52. The SMILES string of the molecule is CCCN(CCc1ccccc1)CC1C(C(F)(F)F)N=C2N(c3ccc(C(C)C)cc3Br)c3ccccc3N21. The van der Waals surface area contributed by atoms with Gasteiger partial charge in [0, 0.05) is 17.6 Å². The van der Waals surface area contributed by atoms with Crippen LogP contribution in [0.15, 0.2) is 82.3 Å². The first-order valence-corrected chi connectivity index (χ1v) is 14.4. The number of para-hydroxylation sites is 2. The molecule has 5 rings (SSSR count). The van der Waals surface area contributed by atoms with Crippen molar-refractivity contribution in [1.82, 2.24) is 4.90 Å². The Kier molecular flexibility index (Phi) is 8.06. The first-order valence-electron chi connectivity index (χ1n) is 13.6. The predicted octanol–water partition coefficient (Wildman–Crippen LogP) is 8.15. The maximum Gasteiger partial charge on any atom is 0.412 e. The van der Waals surface area contributed by atoms with Crippen molar-refractivity contribution in [3.8, 4) is 0 Å². The van der Waals surface area contributed by atoms with Gasteiger partial charge in [0.1, 0.15) is 0 Å². The van der Waals surface area contributed by atoms with E-state index in [1.54, 1.807) is 0 Å². The van der Waals surface area contributed by atoms with Crippen molar-refractivity contribution in [2.75, 3.05) is 29.4 Å². The van der Waals surface area contributed by atoms with Crippen LogP contribution in [-0.4, -0.2) is 48.8 Å². The van der Waals surface area contributed by atoms with Crippen molar-refractivity contribution in [1.29, 1.82) is 0 Å². The second kappa shape index (κ2) is 11.3. The Labute approximate surface area is 237 Å². The molecular weight excluding hydrogens is 565 g/mol. The summed E-state index contributed by atoms with van der Waals surface area (Å²) in [6.07, 6.45) is -2.81. The fourth-order valence-electron chi connectivity index (χ4n) is 5.56. The van der Waals surface area contributed by atoms with Crippen LogP contribution >= 0.6 is 15.9 Å². The molecule has 2 aliphatic rings. The summed E-state index contributed by atoms with van der Waals surface area (Å²) < 4.78 is 44.5. The highest BCUT2D eigenvalue weighted by atomic mass is 79.9. The smallest absolute Gasteiger partial charge is 0.303 e. The number of hydrogen-bond donors (Lipinski definition) is 0. The number of rotatable bonds is 9. The molecule has 0 radical (unpaired) electrons.